The Morgan fingerprint density at radius 2 is 2.24 bits per heavy atom. The number of anilines is 1. The molecule has 0 radical (unpaired) electrons. The number of nitrogens with zero attached hydrogens (tertiary/aromatic N) is 2. The number of carbonyl (C=O) groups is 1. The molecule has 0 spiro atoms. The van der Waals surface area contributed by atoms with Crippen molar-refractivity contribution in [2.24, 2.45) is 0 Å². The van der Waals surface area contributed by atoms with E-state index in [1.807, 2.05) is 18.4 Å². The monoisotopic (exact) mass is 418 g/mol. The summed E-state index contributed by atoms with van der Waals surface area (Å²) in [5.41, 5.74) is 4.66. The van der Waals surface area contributed by atoms with Gasteiger partial charge in [-0.2, -0.15) is 0 Å². The Morgan fingerprint density at radius 3 is 3.04 bits per heavy atom. The predicted octanol–water partition coefficient (Wildman–Crippen LogP) is 3.50. The summed E-state index contributed by atoms with van der Waals surface area (Å²) >= 11 is 5.13. The normalized spacial score (nSPS) is 14.3. The molecule has 25 heavy (non-hydrogen) atoms. The van der Waals surface area contributed by atoms with Gasteiger partial charge in [0.15, 0.2) is 5.13 Å². The lowest BCUT2D eigenvalue weighted by Gasteiger charge is -2.11. The van der Waals surface area contributed by atoms with E-state index in [4.69, 9.17) is 0 Å². The van der Waals surface area contributed by atoms with Crippen molar-refractivity contribution in [3.63, 3.8) is 0 Å². The molecule has 0 saturated carbocycles. The molecule has 2 aromatic heterocycles. The number of para-hydroxylation sites is 1. The molecule has 2 N–H and O–H groups in total. The zero-order valence-corrected chi connectivity index (χ0v) is 16.3. The standard InChI is InChI=1S/C18H19BrN4OS/c1-11-10-25-18(21-11)22-16(24)9-23-15-6-8-20-7-5-12(15)13-3-2-4-14(19)17(13)23/h2-4,10,20H,5-9H2,1H3,(H,21,22,24). The molecule has 0 saturated heterocycles. The van der Waals surface area contributed by atoms with E-state index < -0.39 is 0 Å². The topological polar surface area (TPSA) is 59.0 Å². The Kier molecular flexibility index (Phi) is 4.62. The summed E-state index contributed by atoms with van der Waals surface area (Å²) in [6.45, 7) is 4.14. The third-order valence-electron chi connectivity index (χ3n) is 4.51. The van der Waals surface area contributed by atoms with Gasteiger partial charge in [0.2, 0.25) is 5.91 Å². The van der Waals surface area contributed by atoms with Crippen LogP contribution in [0.15, 0.2) is 28.1 Å². The van der Waals surface area contributed by atoms with Crippen molar-refractivity contribution in [2.75, 3.05) is 18.4 Å². The van der Waals surface area contributed by atoms with Gasteiger partial charge in [0.05, 0.1) is 11.2 Å². The number of benzene rings is 1. The number of hydrogen-bond donors (Lipinski definition) is 2. The third kappa shape index (κ3) is 3.23. The minimum Gasteiger partial charge on any atom is -0.334 e. The van der Waals surface area contributed by atoms with Gasteiger partial charge >= 0.3 is 0 Å². The molecule has 0 unspecified atom stereocenters. The van der Waals surface area contributed by atoms with Crippen LogP contribution in [0.3, 0.4) is 0 Å². The average molecular weight is 419 g/mol. The zero-order valence-electron chi connectivity index (χ0n) is 13.9. The number of aryl methyl sites for hydroxylation is 1. The van der Waals surface area contributed by atoms with Crippen LogP contribution in [0, 0.1) is 6.92 Å². The summed E-state index contributed by atoms with van der Waals surface area (Å²) in [6.07, 6.45) is 1.92. The van der Waals surface area contributed by atoms with E-state index in [1.54, 1.807) is 0 Å². The van der Waals surface area contributed by atoms with Crippen LogP contribution < -0.4 is 10.6 Å². The predicted molar refractivity (Wildman–Crippen MR) is 105 cm³/mol. The molecule has 5 nitrogen and oxygen atoms in total. The molecule has 3 heterocycles. The number of hydrogen-bond acceptors (Lipinski definition) is 4. The summed E-state index contributed by atoms with van der Waals surface area (Å²) in [6, 6.07) is 6.26. The Morgan fingerprint density at radius 1 is 1.40 bits per heavy atom. The fourth-order valence-electron chi connectivity index (χ4n) is 3.48. The van der Waals surface area contributed by atoms with Crippen molar-refractivity contribution in [3.8, 4) is 0 Å². The van der Waals surface area contributed by atoms with Crippen LogP contribution in [0.4, 0.5) is 5.13 Å². The molecule has 0 atom stereocenters. The van der Waals surface area contributed by atoms with Crippen molar-refractivity contribution in [3.05, 3.63) is 45.0 Å². The van der Waals surface area contributed by atoms with Crippen LogP contribution in [0.2, 0.25) is 0 Å². The van der Waals surface area contributed by atoms with Gasteiger partial charge in [-0.05, 0) is 47.4 Å². The van der Waals surface area contributed by atoms with Gasteiger partial charge in [-0.15, -0.1) is 11.3 Å². The molecule has 0 fully saturated rings. The van der Waals surface area contributed by atoms with E-state index in [1.165, 1.54) is 28.0 Å². The Hall–Kier alpha value is -1.70. The minimum atomic E-state index is -0.0398. The molecule has 130 valence electrons. The molecular weight excluding hydrogens is 400 g/mol. The van der Waals surface area contributed by atoms with Crippen LogP contribution in [0.1, 0.15) is 17.0 Å². The first-order valence-electron chi connectivity index (χ1n) is 8.34. The third-order valence-corrected chi connectivity index (χ3v) is 6.03. The Balaban J connectivity index is 1.73. The van der Waals surface area contributed by atoms with Crippen molar-refractivity contribution < 1.29 is 4.79 Å². The molecular formula is C18H19BrN4OS. The van der Waals surface area contributed by atoms with Crippen LogP contribution in [0.5, 0.6) is 0 Å². The lowest BCUT2D eigenvalue weighted by molar-refractivity contribution is -0.116. The lowest BCUT2D eigenvalue weighted by Crippen LogP contribution is -2.21. The molecule has 1 aliphatic rings. The number of carbonyl (C=O) groups excluding carboxylic acids is 1. The molecule has 1 amide bonds. The van der Waals surface area contributed by atoms with E-state index in [0.717, 1.165) is 41.6 Å². The first kappa shape index (κ1) is 16.8. The number of halogens is 1. The largest absolute Gasteiger partial charge is 0.334 e. The first-order valence-corrected chi connectivity index (χ1v) is 10.0. The SMILES string of the molecule is Cc1csc(NC(=O)Cn2c3c(c4cccc(Br)c42)CCNCC3)n1. The van der Waals surface area contributed by atoms with E-state index in [2.05, 4.69) is 48.2 Å². The van der Waals surface area contributed by atoms with E-state index in [0.29, 0.717) is 11.7 Å². The number of nitrogens with one attached hydrogen (secondary N) is 2. The smallest absolute Gasteiger partial charge is 0.246 e. The summed E-state index contributed by atoms with van der Waals surface area (Å²) in [5.74, 6) is -0.0398. The number of fused-ring (bicyclic) bond motifs is 3. The average Bonchev–Trinajstić information content (AvgIpc) is 3.00. The minimum absolute atomic E-state index is 0.0398. The first-order chi connectivity index (χ1) is 12.1. The molecule has 3 aromatic rings. The van der Waals surface area contributed by atoms with E-state index in [9.17, 15) is 4.79 Å². The van der Waals surface area contributed by atoms with Gasteiger partial charge in [-0.3, -0.25) is 4.79 Å². The number of rotatable bonds is 3. The summed E-state index contributed by atoms with van der Waals surface area (Å²) in [7, 11) is 0. The highest BCUT2D eigenvalue weighted by Crippen LogP contribution is 2.33. The van der Waals surface area contributed by atoms with Crippen LogP contribution in [-0.4, -0.2) is 28.5 Å². The van der Waals surface area contributed by atoms with Crippen LogP contribution in [-0.2, 0) is 24.2 Å². The Bertz CT molecular complexity index is 946. The number of amides is 1. The number of thiazole rings is 1. The second-order valence-electron chi connectivity index (χ2n) is 6.24. The van der Waals surface area contributed by atoms with E-state index >= 15 is 0 Å². The van der Waals surface area contributed by atoms with Gasteiger partial charge < -0.3 is 15.2 Å². The van der Waals surface area contributed by atoms with Gasteiger partial charge in [0.25, 0.3) is 0 Å². The number of aromatic nitrogens is 2. The van der Waals surface area contributed by atoms with Crippen molar-refractivity contribution >= 4 is 49.2 Å². The van der Waals surface area contributed by atoms with Gasteiger partial charge in [-0.25, -0.2) is 4.98 Å². The Labute approximate surface area is 158 Å². The van der Waals surface area contributed by atoms with Gasteiger partial charge in [0, 0.05) is 33.9 Å². The van der Waals surface area contributed by atoms with Crippen molar-refractivity contribution in [2.45, 2.75) is 26.3 Å². The lowest BCUT2D eigenvalue weighted by atomic mass is 10.1. The quantitative estimate of drug-likeness (QED) is 0.684. The molecule has 7 heteroatoms. The second-order valence-corrected chi connectivity index (χ2v) is 7.95. The molecule has 0 bridgehead atoms. The van der Waals surface area contributed by atoms with Crippen LogP contribution in [0.25, 0.3) is 10.9 Å². The molecule has 1 aromatic carbocycles. The van der Waals surface area contributed by atoms with Crippen LogP contribution >= 0.6 is 27.3 Å². The maximum atomic E-state index is 12.6. The van der Waals surface area contributed by atoms with Crippen molar-refractivity contribution in [1.82, 2.24) is 14.9 Å². The molecule has 4 rings (SSSR count). The summed E-state index contributed by atoms with van der Waals surface area (Å²) in [4.78, 5) is 16.9. The second kappa shape index (κ2) is 6.90. The van der Waals surface area contributed by atoms with E-state index in [-0.39, 0.29) is 5.91 Å². The maximum Gasteiger partial charge on any atom is 0.246 e. The zero-order chi connectivity index (χ0) is 17.4. The fourth-order valence-corrected chi connectivity index (χ4v) is 4.77. The highest BCUT2D eigenvalue weighted by Gasteiger charge is 2.21. The maximum absolute atomic E-state index is 12.6. The highest BCUT2D eigenvalue weighted by molar-refractivity contribution is 9.10. The molecule has 0 aliphatic carbocycles. The highest BCUT2D eigenvalue weighted by atomic mass is 79.9. The van der Waals surface area contributed by atoms with Gasteiger partial charge in [0.1, 0.15) is 6.54 Å². The summed E-state index contributed by atoms with van der Waals surface area (Å²) in [5, 5.41) is 10.2. The van der Waals surface area contributed by atoms with Gasteiger partial charge in [-0.1, -0.05) is 12.1 Å². The summed E-state index contributed by atoms with van der Waals surface area (Å²) < 4.78 is 3.20. The molecule has 1 aliphatic heterocycles. The fraction of sp³-hybridized carbons (Fsp3) is 0.333. The van der Waals surface area contributed by atoms with Crippen molar-refractivity contribution in [1.29, 1.82) is 0 Å².